The molecule has 796 valence electrons. The Balaban J connectivity index is 0.688. The first-order valence-corrected chi connectivity index (χ1v) is 51.5. The number of primary amides is 1. The number of rotatable bonds is 58. The van der Waals surface area contributed by atoms with Gasteiger partial charge in [0.1, 0.15) is 47.4 Å². The van der Waals surface area contributed by atoms with Crippen molar-refractivity contribution in [2.45, 2.75) is 336 Å². The van der Waals surface area contributed by atoms with Crippen LogP contribution in [0.5, 0.6) is 0 Å². The molecule has 0 aliphatic heterocycles. The lowest BCUT2D eigenvalue weighted by Crippen LogP contribution is -2.53. The maximum atomic E-state index is 15.1. The molecule has 0 unspecified atom stereocenters. The fourth-order valence-corrected chi connectivity index (χ4v) is 20.5. The van der Waals surface area contributed by atoms with E-state index in [2.05, 4.69) is 124 Å². The van der Waals surface area contributed by atoms with Crippen LogP contribution >= 0.6 is 0 Å². The van der Waals surface area contributed by atoms with Gasteiger partial charge in [-0.1, -0.05) is 77.0 Å². The number of aromatic nitrogens is 16. The highest BCUT2D eigenvalue weighted by Gasteiger charge is 2.41. The van der Waals surface area contributed by atoms with E-state index in [1.165, 1.54) is 50.6 Å². The summed E-state index contributed by atoms with van der Waals surface area (Å²) in [5.74, 6) is -8.14. The highest BCUT2D eigenvalue weighted by Crippen LogP contribution is 2.32. The standard InChI is InChI=1S/C95H148N38O13/c96-30-13-9-17-55(100)35-72(135)119-59(43-130-51-115-80-84(102)107-47-111-88(80)130)39-77(140)127-68-26-6-2-22-64(68)93(144)123-57(19-11-15-32-98)37-74(137)121-61(45-132-53-117-82-86(104)109-49-113-90(82)132)41-79(142)129-70-28-8-4-24-66(70)95(146)125-58(20-12-16-33-99)38-75(138)122-62(46-133-54-118-83-87(105)110-50-114-91(83)133)42-78(141)128-69-27-7-3-23-65(69)94(145)124-56(18-10-14-31-97)36-73(136)120-60(44-131-52-116-81-85(103)108-48-112-89(81)131)40-76(139)126-67-25-5-1-21-63(67)92(143)106-34-29-71(101)134/h47-70H,1-46,96-100H2,(H2,101,134)(H,106,143)(H,119,135)(H,120,136)(H,121,137)(H,122,138)(H,123,144)(H,124,145)(H,125,146)(H,126,139)(H,127,140)(H,128,141)(H,129,142)(H2,102,107,111)(H2,103,108,112)(H2,104,109,113)(H2,105,110,114)/t55-,56-,57-,58-,59+,60+,61+,62+,63-,64-,65-,66-,67-,68-,69-,70-/m1/s1. The largest absolute Gasteiger partial charge is 0.382 e. The number of carbonyl (C=O) groups excluding carboxylic acids is 13. The molecule has 4 saturated carbocycles. The van der Waals surface area contributed by atoms with Gasteiger partial charge in [0.05, 0.1) is 73.1 Å². The maximum absolute atomic E-state index is 15.1. The molecule has 0 radical (unpaired) electrons. The van der Waals surface area contributed by atoms with Crippen LogP contribution in [-0.2, 0) is 88.5 Å². The quantitative estimate of drug-likeness (QED) is 0.0198. The van der Waals surface area contributed by atoms with Gasteiger partial charge >= 0.3 is 0 Å². The number of unbranched alkanes of at least 4 members (excludes halogenated alkanes) is 4. The smallest absolute Gasteiger partial charge is 0.225 e. The van der Waals surface area contributed by atoms with Gasteiger partial charge in [0.15, 0.2) is 45.9 Å². The summed E-state index contributed by atoms with van der Waals surface area (Å²) >= 11 is 0. The molecule has 146 heavy (non-hydrogen) atoms. The van der Waals surface area contributed by atoms with Gasteiger partial charge in [-0.05, 0) is 129 Å². The predicted molar refractivity (Wildman–Crippen MR) is 541 cm³/mol. The third kappa shape index (κ3) is 33.2. The fourth-order valence-electron chi connectivity index (χ4n) is 20.5. The SMILES string of the molecule is NCCCC[C@@H](N)CC(=O)N[C@@H](CC(=O)N[C@@H]1CCCC[C@H]1C(=O)N[C@H](CCCCN)CC(=O)N[C@@H](CC(=O)N[C@@H]1CCCC[C@H]1C(=O)N[C@H](CCCCN)CC(=O)N[C@@H](CC(=O)N[C@@H]1CCCC[C@H]1C(=O)N[C@H](CCCCN)CC(=O)N[C@@H](CC(=O)N[C@@H]1CCCC[C@H]1C(=O)NCCC(N)=O)Cn1cnc2c(N)ncnc21)Cn1cnc2c(N)ncnc21)Cn1cnc2c(N)ncnc21)Cn1cnc2c(N)ncnc21. The summed E-state index contributed by atoms with van der Waals surface area (Å²) in [6, 6.07) is -8.82. The number of nitrogen functional groups attached to an aromatic ring is 4. The van der Waals surface area contributed by atoms with Crippen molar-refractivity contribution in [1.29, 1.82) is 0 Å². The van der Waals surface area contributed by atoms with Crippen LogP contribution in [0.1, 0.15) is 238 Å². The van der Waals surface area contributed by atoms with Gasteiger partial charge in [-0.3, -0.25) is 62.3 Å². The summed E-state index contributed by atoms with van der Waals surface area (Å²) in [7, 11) is 0. The summed E-state index contributed by atoms with van der Waals surface area (Å²) in [5, 5.41) is 36.9. The van der Waals surface area contributed by atoms with Crippen LogP contribution in [0.15, 0.2) is 50.6 Å². The average Bonchev–Trinajstić information content (AvgIpc) is 1.68. The van der Waals surface area contributed by atoms with Crippen molar-refractivity contribution < 1.29 is 62.3 Å². The van der Waals surface area contributed by atoms with Crippen LogP contribution in [-0.4, -0.2) is 260 Å². The number of nitrogens with zero attached hydrogens (tertiary/aromatic N) is 16. The van der Waals surface area contributed by atoms with E-state index in [4.69, 9.17) is 57.3 Å². The highest BCUT2D eigenvalue weighted by molar-refractivity contribution is 5.90. The second-order valence-electron chi connectivity index (χ2n) is 39.3. The summed E-state index contributed by atoms with van der Waals surface area (Å²) < 4.78 is 6.60. The first-order valence-electron chi connectivity index (χ1n) is 51.5. The Kier molecular flexibility index (Phi) is 42.7. The van der Waals surface area contributed by atoms with Crippen LogP contribution in [0, 0.1) is 23.7 Å². The lowest BCUT2D eigenvalue weighted by molar-refractivity contribution is -0.132. The molecule has 12 rings (SSSR count). The first-order chi connectivity index (χ1) is 70.5. The number of amides is 13. The van der Waals surface area contributed by atoms with E-state index in [0.717, 1.165) is 25.7 Å². The number of imidazole rings is 4. The van der Waals surface area contributed by atoms with Crippen molar-refractivity contribution in [1.82, 2.24) is 142 Å². The number of anilines is 4. The Morgan fingerprint density at radius 1 is 0.295 bits per heavy atom. The molecule has 0 saturated heterocycles. The Morgan fingerprint density at radius 3 is 0.808 bits per heavy atom. The van der Waals surface area contributed by atoms with E-state index in [1.807, 2.05) is 0 Å². The van der Waals surface area contributed by atoms with Gasteiger partial charge in [0.25, 0.3) is 0 Å². The molecule has 8 aromatic heterocycles. The van der Waals surface area contributed by atoms with Crippen LogP contribution in [0.2, 0.25) is 0 Å². The first kappa shape index (κ1) is 111. The van der Waals surface area contributed by atoms with Crippen molar-refractivity contribution in [2.75, 3.05) is 55.7 Å². The molecule has 0 spiro atoms. The number of carbonyl (C=O) groups is 13. The van der Waals surface area contributed by atoms with E-state index in [-0.39, 0.29) is 137 Å². The molecule has 4 fully saturated rings. The molecular weight excluding hydrogens is 1880 g/mol. The average molecular weight is 2030 g/mol. The minimum atomic E-state index is -0.968. The molecule has 4 aliphatic rings. The minimum absolute atomic E-state index is 0.00573. The predicted octanol–water partition coefficient (Wildman–Crippen LogP) is -1.28. The highest BCUT2D eigenvalue weighted by atomic mass is 16.2. The number of hydrogen-bond acceptors (Lipinski definition) is 34. The zero-order valence-electron chi connectivity index (χ0n) is 83.1. The Morgan fingerprint density at radius 2 is 0.541 bits per heavy atom. The van der Waals surface area contributed by atoms with Crippen molar-refractivity contribution in [3.63, 3.8) is 0 Å². The van der Waals surface area contributed by atoms with Gasteiger partial charge in [-0.25, -0.2) is 59.8 Å². The summed E-state index contributed by atoms with van der Waals surface area (Å²) in [4.78, 5) is 237. The molecule has 0 bridgehead atoms. The van der Waals surface area contributed by atoms with Gasteiger partial charge in [0, 0.05) is 139 Å². The summed E-state index contributed by atoms with van der Waals surface area (Å²) in [5.41, 5.74) is 62.9. The third-order valence-electron chi connectivity index (χ3n) is 27.9. The van der Waals surface area contributed by atoms with E-state index in [9.17, 15) is 57.5 Å². The molecule has 8 heterocycles. The molecule has 4 aliphatic carbocycles. The second-order valence-corrected chi connectivity index (χ2v) is 39.3. The maximum Gasteiger partial charge on any atom is 0.225 e. The molecule has 51 heteroatoms. The number of hydrogen-bond donors (Lipinski definition) is 22. The zero-order chi connectivity index (χ0) is 104. The number of fused-ring (bicyclic) bond motifs is 4. The number of nitrogens with one attached hydrogen (secondary N) is 12. The molecule has 16 atom stereocenters. The molecule has 0 aromatic carbocycles. The Labute approximate surface area is 845 Å². The van der Waals surface area contributed by atoms with Gasteiger partial charge in [-0.2, -0.15) is 0 Å². The van der Waals surface area contributed by atoms with Crippen LogP contribution < -0.4 is 121 Å². The molecular formula is C95H148N38O13. The molecule has 8 aromatic rings. The Hall–Kier alpha value is -13.7. The van der Waals surface area contributed by atoms with Crippen LogP contribution in [0.3, 0.4) is 0 Å². The minimum Gasteiger partial charge on any atom is -0.382 e. The Bertz CT molecular complexity index is 5620. The van der Waals surface area contributed by atoms with Crippen molar-refractivity contribution >= 4 is 145 Å². The number of nitrogens with two attached hydrogens (primary N) is 10. The van der Waals surface area contributed by atoms with Crippen LogP contribution in [0.4, 0.5) is 23.3 Å². The lowest BCUT2D eigenvalue weighted by atomic mass is 9.83. The fraction of sp³-hybridized carbons (Fsp3) is 0.653. The normalized spacial score (nSPS) is 19.7. The summed E-state index contributed by atoms with van der Waals surface area (Å²) in [6.45, 7) is 1.56. The molecule has 13 amide bonds. The van der Waals surface area contributed by atoms with E-state index < -0.39 is 155 Å². The second kappa shape index (κ2) is 56.1. The van der Waals surface area contributed by atoms with Crippen molar-refractivity contribution in [2.24, 2.45) is 58.1 Å². The van der Waals surface area contributed by atoms with E-state index in [1.54, 1.807) is 18.3 Å². The van der Waals surface area contributed by atoms with E-state index in [0.29, 0.717) is 219 Å². The molecule has 51 nitrogen and oxygen atoms in total. The lowest BCUT2D eigenvalue weighted by Gasteiger charge is -2.33. The monoisotopic (exact) mass is 2030 g/mol. The topological polar surface area (TPSA) is 801 Å². The van der Waals surface area contributed by atoms with E-state index >= 15 is 4.79 Å². The van der Waals surface area contributed by atoms with Crippen molar-refractivity contribution in [3.8, 4) is 0 Å². The molecule has 32 N–H and O–H groups in total. The third-order valence-corrected chi connectivity index (χ3v) is 27.9. The zero-order valence-corrected chi connectivity index (χ0v) is 83.1. The van der Waals surface area contributed by atoms with Crippen LogP contribution in [0.25, 0.3) is 44.7 Å². The summed E-state index contributed by atoms with van der Waals surface area (Å²) in [6.07, 6.45) is 24.7. The van der Waals surface area contributed by atoms with Gasteiger partial charge in [-0.15, -0.1) is 0 Å². The van der Waals surface area contributed by atoms with Gasteiger partial charge in [0.2, 0.25) is 76.8 Å². The van der Waals surface area contributed by atoms with Gasteiger partial charge < -0.3 is 139 Å². The van der Waals surface area contributed by atoms with Crippen molar-refractivity contribution in [3.05, 3.63) is 50.6 Å².